The van der Waals surface area contributed by atoms with E-state index in [9.17, 15) is 0 Å². The second-order valence-corrected chi connectivity index (χ2v) is 11.0. The molecule has 2 nitrogen and oxygen atoms in total. The molecule has 1 rings (SSSR count). The van der Waals surface area contributed by atoms with Crippen LogP contribution in [0.5, 0.6) is 0 Å². The zero-order chi connectivity index (χ0) is 23.7. The standard InChI is InChI=1S/C31H62O2/c1-3-5-7-9-11-13-15-16-18-20-22-24-26-30(27-32-28-31-29-33-31)25-23-21-19-17-14-12-10-8-6-4-2/h30-31H,3-29H2,1-2H3. The van der Waals surface area contributed by atoms with Crippen molar-refractivity contribution in [1.29, 1.82) is 0 Å². The van der Waals surface area contributed by atoms with Crippen molar-refractivity contribution in [3.05, 3.63) is 0 Å². The van der Waals surface area contributed by atoms with Crippen LogP contribution in [0.1, 0.15) is 168 Å². The maximum Gasteiger partial charge on any atom is 0.104 e. The van der Waals surface area contributed by atoms with Crippen molar-refractivity contribution in [3.8, 4) is 0 Å². The second-order valence-electron chi connectivity index (χ2n) is 11.0. The van der Waals surface area contributed by atoms with Gasteiger partial charge in [-0.2, -0.15) is 0 Å². The molecule has 0 aliphatic carbocycles. The maximum atomic E-state index is 5.99. The molecule has 1 fully saturated rings. The molecule has 2 unspecified atom stereocenters. The number of ether oxygens (including phenoxy) is 2. The molecule has 2 atom stereocenters. The number of unbranched alkanes of at least 4 members (excludes halogenated alkanes) is 20. The van der Waals surface area contributed by atoms with Gasteiger partial charge in [-0.15, -0.1) is 0 Å². The van der Waals surface area contributed by atoms with Crippen molar-refractivity contribution in [2.75, 3.05) is 19.8 Å². The average Bonchev–Trinajstić information content (AvgIpc) is 3.65. The molecule has 0 spiro atoms. The summed E-state index contributed by atoms with van der Waals surface area (Å²) >= 11 is 0. The van der Waals surface area contributed by atoms with E-state index >= 15 is 0 Å². The van der Waals surface area contributed by atoms with Crippen molar-refractivity contribution in [3.63, 3.8) is 0 Å². The molecule has 1 aliphatic rings. The van der Waals surface area contributed by atoms with Gasteiger partial charge in [0.15, 0.2) is 0 Å². The first-order chi connectivity index (χ1) is 16.4. The summed E-state index contributed by atoms with van der Waals surface area (Å²) in [5.74, 6) is 0.779. The van der Waals surface area contributed by atoms with Gasteiger partial charge in [0, 0.05) is 6.61 Å². The third-order valence-electron chi connectivity index (χ3n) is 7.49. The van der Waals surface area contributed by atoms with Crippen LogP contribution in [-0.2, 0) is 9.47 Å². The second kappa shape index (κ2) is 25.0. The molecule has 0 saturated carbocycles. The monoisotopic (exact) mass is 466 g/mol. The Morgan fingerprint density at radius 1 is 0.545 bits per heavy atom. The van der Waals surface area contributed by atoms with Crippen molar-refractivity contribution in [1.82, 2.24) is 0 Å². The molecular weight excluding hydrogens is 404 g/mol. The highest BCUT2D eigenvalue weighted by molar-refractivity contribution is 4.68. The Morgan fingerprint density at radius 2 is 0.879 bits per heavy atom. The molecule has 1 aliphatic heterocycles. The molecule has 198 valence electrons. The molecule has 0 bridgehead atoms. The van der Waals surface area contributed by atoms with Gasteiger partial charge in [-0.1, -0.05) is 155 Å². The van der Waals surface area contributed by atoms with Crippen LogP contribution in [0.4, 0.5) is 0 Å². The van der Waals surface area contributed by atoms with Gasteiger partial charge in [0.05, 0.1) is 13.2 Å². The van der Waals surface area contributed by atoms with Gasteiger partial charge in [-0.3, -0.25) is 0 Å². The first kappa shape index (κ1) is 31.0. The lowest BCUT2D eigenvalue weighted by molar-refractivity contribution is 0.0787. The summed E-state index contributed by atoms with van der Waals surface area (Å²) in [6.45, 7) is 7.32. The van der Waals surface area contributed by atoms with Crippen molar-refractivity contribution in [2.24, 2.45) is 5.92 Å². The Kier molecular flexibility index (Phi) is 23.5. The van der Waals surface area contributed by atoms with Crippen molar-refractivity contribution < 1.29 is 9.47 Å². The molecule has 33 heavy (non-hydrogen) atoms. The number of hydrogen-bond acceptors (Lipinski definition) is 2. The minimum Gasteiger partial charge on any atom is -0.378 e. The van der Waals surface area contributed by atoms with Gasteiger partial charge in [-0.25, -0.2) is 0 Å². The molecule has 0 amide bonds. The van der Waals surface area contributed by atoms with E-state index in [1.54, 1.807) is 0 Å². The number of hydrogen-bond donors (Lipinski definition) is 0. The highest BCUT2D eigenvalue weighted by Gasteiger charge is 2.22. The third-order valence-corrected chi connectivity index (χ3v) is 7.49. The van der Waals surface area contributed by atoms with Crippen LogP contribution in [0.2, 0.25) is 0 Å². The normalized spacial score (nSPS) is 16.4. The summed E-state index contributed by atoms with van der Waals surface area (Å²) in [5, 5.41) is 0. The fraction of sp³-hybridized carbons (Fsp3) is 1.00. The van der Waals surface area contributed by atoms with Gasteiger partial charge in [-0.05, 0) is 18.8 Å². The Morgan fingerprint density at radius 3 is 1.21 bits per heavy atom. The molecule has 0 radical (unpaired) electrons. The van der Waals surface area contributed by atoms with Crippen LogP contribution in [0.25, 0.3) is 0 Å². The van der Waals surface area contributed by atoms with E-state index in [1.165, 1.54) is 154 Å². The van der Waals surface area contributed by atoms with Crippen LogP contribution in [-0.4, -0.2) is 25.9 Å². The zero-order valence-corrected chi connectivity index (χ0v) is 23.1. The summed E-state index contributed by atoms with van der Waals surface area (Å²) in [7, 11) is 0. The fourth-order valence-corrected chi connectivity index (χ4v) is 5.04. The van der Waals surface area contributed by atoms with E-state index in [1.807, 2.05) is 0 Å². The summed E-state index contributed by atoms with van der Waals surface area (Å²) in [5.41, 5.74) is 0. The summed E-state index contributed by atoms with van der Waals surface area (Å²) in [6, 6.07) is 0. The zero-order valence-electron chi connectivity index (χ0n) is 23.1. The van der Waals surface area contributed by atoms with E-state index in [0.29, 0.717) is 6.10 Å². The first-order valence-corrected chi connectivity index (χ1v) is 15.6. The van der Waals surface area contributed by atoms with Gasteiger partial charge in [0.1, 0.15) is 6.10 Å². The molecule has 0 aromatic heterocycles. The van der Waals surface area contributed by atoms with Crippen molar-refractivity contribution in [2.45, 2.75) is 174 Å². The molecule has 1 heterocycles. The van der Waals surface area contributed by atoms with Gasteiger partial charge >= 0.3 is 0 Å². The Balaban J connectivity index is 1.95. The highest BCUT2D eigenvalue weighted by atomic mass is 16.6. The Labute approximate surface area is 209 Å². The average molecular weight is 467 g/mol. The third kappa shape index (κ3) is 23.4. The lowest BCUT2D eigenvalue weighted by atomic mass is 9.94. The molecule has 2 heteroatoms. The quantitative estimate of drug-likeness (QED) is 0.0844. The van der Waals surface area contributed by atoms with Crippen LogP contribution in [0, 0.1) is 5.92 Å². The lowest BCUT2D eigenvalue weighted by Gasteiger charge is -2.17. The number of rotatable bonds is 28. The minimum atomic E-state index is 0.412. The SMILES string of the molecule is CCCCCCCCCCCCCCC(CCCCCCCCCCCC)COCC1CO1. The van der Waals surface area contributed by atoms with Crippen molar-refractivity contribution >= 4 is 0 Å². The Hall–Kier alpha value is -0.0800. The summed E-state index contributed by atoms with van der Waals surface area (Å²) in [6.07, 6.45) is 34.8. The fourth-order valence-electron chi connectivity index (χ4n) is 5.04. The Bertz CT molecular complexity index is 366. The minimum absolute atomic E-state index is 0.412. The molecule has 0 aromatic carbocycles. The van der Waals surface area contributed by atoms with Gasteiger partial charge in [0.25, 0.3) is 0 Å². The van der Waals surface area contributed by atoms with E-state index in [0.717, 1.165) is 25.7 Å². The lowest BCUT2D eigenvalue weighted by Crippen LogP contribution is -2.13. The maximum absolute atomic E-state index is 5.99. The molecule has 1 saturated heterocycles. The smallest absolute Gasteiger partial charge is 0.104 e. The van der Waals surface area contributed by atoms with Gasteiger partial charge < -0.3 is 9.47 Å². The first-order valence-electron chi connectivity index (χ1n) is 15.6. The largest absolute Gasteiger partial charge is 0.378 e. The summed E-state index contributed by atoms with van der Waals surface area (Å²) < 4.78 is 11.3. The van der Waals surface area contributed by atoms with E-state index in [2.05, 4.69) is 13.8 Å². The molecular formula is C31H62O2. The topological polar surface area (TPSA) is 21.8 Å². The van der Waals surface area contributed by atoms with Gasteiger partial charge in [0.2, 0.25) is 0 Å². The van der Waals surface area contributed by atoms with Crippen LogP contribution >= 0.6 is 0 Å². The number of epoxide rings is 1. The molecule has 0 N–H and O–H groups in total. The van der Waals surface area contributed by atoms with Crippen LogP contribution in [0.3, 0.4) is 0 Å². The van der Waals surface area contributed by atoms with E-state index in [4.69, 9.17) is 9.47 Å². The van der Waals surface area contributed by atoms with Crippen LogP contribution in [0.15, 0.2) is 0 Å². The predicted octanol–water partition coefficient (Wildman–Crippen LogP) is 10.4. The van der Waals surface area contributed by atoms with E-state index < -0.39 is 0 Å². The highest BCUT2D eigenvalue weighted by Crippen LogP contribution is 2.21. The molecule has 0 aromatic rings. The van der Waals surface area contributed by atoms with Crippen LogP contribution < -0.4 is 0 Å². The predicted molar refractivity (Wildman–Crippen MR) is 146 cm³/mol. The van der Waals surface area contributed by atoms with E-state index in [-0.39, 0.29) is 0 Å². The summed E-state index contributed by atoms with van der Waals surface area (Å²) in [4.78, 5) is 0.